The van der Waals surface area contributed by atoms with Gasteiger partial charge in [-0.2, -0.15) is 0 Å². The second kappa shape index (κ2) is 7.00. The molecule has 2 aromatic rings. The Morgan fingerprint density at radius 1 is 1.24 bits per heavy atom. The number of halogens is 3. The molecule has 0 aromatic heterocycles. The van der Waals surface area contributed by atoms with Crippen molar-refractivity contribution in [3.05, 3.63) is 58.1 Å². The van der Waals surface area contributed by atoms with Gasteiger partial charge < -0.3 is 10.1 Å². The van der Waals surface area contributed by atoms with Gasteiger partial charge in [0.2, 0.25) is 0 Å². The topological polar surface area (TPSA) is 21.3 Å². The summed E-state index contributed by atoms with van der Waals surface area (Å²) in [6, 6.07) is 8.65. The van der Waals surface area contributed by atoms with E-state index in [0.717, 1.165) is 0 Å². The Labute approximate surface area is 131 Å². The van der Waals surface area contributed by atoms with Gasteiger partial charge in [-0.1, -0.05) is 28.9 Å². The van der Waals surface area contributed by atoms with Crippen molar-refractivity contribution in [2.45, 2.75) is 19.9 Å². The average Bonchev–Trinajstić information content (AvgIpc) is 2.37. The van der Waals surface area contributed by atoms with E-state index in [9.17, 15) is 8.78 Å². The van der Waals surface area contributed by atoms with Crippen LogP contribution in [0.1, 0.15) is 25.5 Å². The van der Waals surface area contributed by atoms with Gasteiger partial charge in [-0.15, -0.1) is 0 Å². The molecule has 0 spiro atoms. The Hall–Kier alpha value is -1.46. The summed E-state index contributed by atoms with van der Waals surface area (Å²) < 4.78 is 33.7. The smallest absolute Gasteiger partial charge is 0.135 e. The Morgan fingerprint density at radius 3 is 2.67 bits per heavy atom. The first kappa shape index (κ1) is 15.9. The van der Waals surface area contributed by atoms with Crippen LogP contribution in [0.15, 0.2) is 40.9 Å². The zero-order valence-corrected chi connectivity index (χ0v) is 13.4. The number of hydrogen-bond donors (Lipinski definition) is 1. The Morgan fingerprint density at radius 2 is 2.00 bits per heavy atom. The molecular weight excluding hydrogens is 340 g/mol. The van der Waals surface area contributed by atoms with Crippen molar-refractivity contribution in [3.63, 3.8) is 0 Å². The maximum atomic E-state index is 14.1. The second-order valence-electron chi connectivity index (χ2n) is 4.64. The normalized spacial score (nSPS) is 12.2. The van der Waals surface area contributed by atoms with Gasteiger partial charge in [0.05, 0.1) is 0 Å². The molecule has 1 unspecified atom stereocenters. The third kappa shape index (κ3) is 4.02. The van der Waals surface area contributed by atoms with E-state index >= 15 is 0 Å². The number of ether oxygens (including phenoxy) is 1. The van der Waals surface area contributed by atoms with Crippen LogP contribution in [0.25, 0.3) is 0 Å². The Balaban J connectivity index is 2.37. The molecule has 1 N–H and O–H groups in total. The van der Waals surface area contributed by atoms with E-state index in [1.807, 2.05) is 13.8 Å². The lowest BCUT2D eigenvalue weighted by molar-refractivity contribution is 0.444. The summed E-state index contributed by atoms with van der Waals surface area (Å²) in [5.74, 6) is -0.0770. The fourth-order valence-electron chi connectivity index (χ4n) is 2.15. The van der Waals surface area contributed by atoms with Gasteiger partial charge in [-0.05, 0) is 37.7 Å². The monoisotopic (exact) mass is 355 g/mol. The largest absolute Gasteiger partial charge is 0.457 e. The van der Waals surface area contributed by atoms with Crippen molar-refractivity contribution in [1.82, 2.24) is 5.32 Å². The molecule has 0 radical (unpaired) electrons. The van der Waals surface area contributed by atoms with Crippen LogP contribution in [-0.2, 0) is 0 Å². The lowest BCUT2D eigenvalue weighted by Gasteiger charge is -2.18. The zero-order valence-electron chi connectivity index (χ0n) is 11.8. The molecule has 112 valence electrons. The van der Waals surface area contributed by atoms with Crippen LogP contribution < -0.4 is 10.1 Å². The van der Waals surface area contributed by atoms with Crippen molar-refractivity contribution in [1.29, 1.82) is 0 Å². The van der Waals surface area contributed by atoms with Gasteiger partial charge >= 0.3 is 0 Å². The minimum absolute atomic E-state index is 0.205. The summed E-state index contributed by atoms with van der Waals surface area (Å²) in [6.07, 6.45) is 0. The zero-order chi connectivity index (χ0) is 15.4. The van der Waals surface area contributed by atoms with Crippen LogP contribution in [0.3, 0.4) is 0 Å². The summed E-state index contributed by atoms with van der Waals surface area (Å²) in [7, 11) is 0. The predicted octanol–water partition coefficient (Wildman–Crippen LogP) is 5.19. The highest BCUT2D eigenvalue weighted by Gasteiger charge is 2.17. The summed E-state index contributed by atoms with van der Waals surface area (Å²) in [4.78, 5) is 0. The van der Waals surface area contributed by atoms with E-state index in [2.05, 4.69) is 21.2 Å². The van der Waals surface area contributed by atoms with Gasteiger partial charge in [0, 0.05) is 22.1 Å². The molecule has 5 heteroatoms. The average molecular weight is 356 g/mol. The van der Waals surface area contributed by atoms with Crippen LogP contribution in [0.2, 0.25) is 0 Å². The predicted molar refractivity (Wildman–Crippen MR) is 82.7 cm³/mol. The number of rotatable bonds is 5. The Bertz CT molecular complexity index is 613. The summed E-state index contributed by atoms with van der Waals surface area (Å²) in [6.45, 7) is 4.51. The molecule has 1 atom stereocenters. The molecule has 0 saturated heterocycles. The van der Waals surface area contributed by atoms with Crippen LogP contribution in [0.4, 0.5) is 8.78 Å². The molecule has 2 aromatic carbocycles. The molecule has 0 amide bonds. The molecule has 2 rings (SSSR count). The van der Waals surface area contributed by atoms with Gasteiger partial charge in [-0.3, -0.25) is 0 Å². The first-order chi connectivity index (χ1) is 10.0. The lowest BCUT2D eigenvalue weighted by Crippen LogP contribution is -2.19. The van der Waals surface area contributed by atoms with Crippen molar-refractivity contribution in [3.8, 4) is 11.5 Å². The third-order valence-electron chi connectivity index (χ3n) is 3.02. The lowest BCUT2D eigenvalue weighted by atomic mass is 10.1. The maximum absolute atomic E-state index is 14.1. The molecular formula is C16H16BrF2NO. The maximum Gasteiger partial charge on any atom is 0.135 e. The minimum Gasteiger partial charge on any atom is -0.457 e. The van der Waals surface area contributed by atoms with Gasteiger partial charge in [0.1, 0.15) is 23.1 Å². The molecule has 0 fully saturated rings. The van der Waals surface area contributed by atoms with Crippen LogP contribution >= 0.6 is 15.9 Å². The van der Waals surface area contributed by atoms with Crippen LogP contribution in [0.5, 0.6) is 11.5 Å². The summed E-state index contributed by atoms with van der Waals surface area (Å²) >= 11 is 3.21. The van der Waals surface area contributed by atoms with Crippen molar-refractivity contribution >= 4 is 15.9 Å². The van der Waals surface area contributed by atoms with Gasteiger partial charge in [-0.25, -0.2) is 8.78 Å². The summed E-state index contributed by atoms with van der Waals surface area (Å²) in [5.41, 5.74) is 0.430. The molecule has 0 heterocycles. The third-order valence-corrected chi connectivity index (χ3v) is 3.48. The SMILES string of the molecule is CCNC(C)c1c(F)cccc1Oc1cc(F)cc(Br)c1. The number of nitrogens with one attached hydrogen (secondary N) is 1. The standard InChI is InChI=1S/C16H16BrF2NO/c1-3-20-10(2)16-14(19)5-4-6-15(16)21-13-8-11(17)7-12(18)9-13/h4-10,20H,3H2,1-2H3. The molecule has 2 nitrogen and oxygen atoms in total. The van der Waals surface area contributed by atoms with E-state index < -0.39 is 5.82 Å². The highest BCUT2D eigenvalue weighted by Crippen LogP contribution is 2.33. The van der Waals surface area contributed by atoms with E-state index in [-0.39, 0.29) is 11.9 Å². The second-order valence-corrected chi connectivity index (χ2v) is 5.55. The fraction of sp³-hybridized carbons (Fsp3) is 0.250. The Kier molecular flexibility index (Phi) is 5.31. The quantitative estimate of drug-likeness (QED) is 0.796. The van der Waals surface area contributed by atoms with E-state index in [4.69, 9.17) is 4.74 Å². The highest BCUT2D eigenvalue weighted by molar-refractivity contribution is 9.10. The molecule has 0 bridgehead atoms. The molecule has 0 saturated carbocycles. The molecule has 0 aliphatic rings. The van der Waals surface area contributed by atoms with E-state index in [1.54, 1.807) is 18.2 Å². The van der Waals surface area contributed by atoms with E-state index in [1.165, 1.54) is 18.2 Å². The van der Waals surface area contributed by atoms with Crippen molar-refractivity contribution in [2.24, 2.45) is 0 Å². The van der Waals surface area contributed by atoms with Gasteiger partial charge in [0.25, 0.3) is 0 Å². The summed E-state index contributed by atoms with van der Waals surface area (Å²) in [5, 5.41) is 3.15. The molecule has 0 aliphatic carbocycles. The number of hydrogen-bond acceptors (Lipinski definition) is 2. The fourth-order valence-corrected chi connectivity index (χ4v) is 2.59. The van der Waals surface area contributed by atoms with Crippen molar-refractivity contribution in [2.75, 3.05) is 6.54 Å². The van der Waals surface area contributed by atoms with Gasteiger partial charge in [0.15, 0.2) is 0 Å². The minimum atomic E-state index is -0.419. The van der Waals surface area contributed by atoms with Crippen LogP contribution in [-0.4, -0.2) is 6.54 Å². The van der Waals surface area contributed by atoms with Crippen molar-refractivity contribution < 1.29 is 13.5 Å². The first-order valence-electron chi connectivity index (χ1n) is 6.67. The van der Waals surface area contributed by atoms with E-state index in [0.29, 0.717) is 28.1 Å². The molecule has 21 heavy (non-hydrogen) atoms. The first-order valence-corrected chi connectivity index (χ1v) is 7.46. The van der Waals surface area contributed by atoms with Crippen LogP contribution in [0, 0.1) is 11.6 Å². The number of benzene rings is 2. The highest BCUT2D eigenvalue weighted by atomic mass is 79.9. The molecule has 0 aliphatic heterocycles.